The lowest BCUT2D eigenvalue weighted by Gasteiger charge is -2.26. The summed E-state index contributed by atoms with van der Waals surface area (Å²) in [4.78, 5) is 31.9. The van der Waals surface area contributed by atoms with Crippen LogP contribution >= 0.6 is 0 Å². The van der Waals surface area contributed by atoms with Gasteiger partial charge in [-0.1, -0.05) is 12.1 Å². The largest absolute Gasteiger partial charge is 0.343 e. The van der Waals surface area contributed by atoms with E-state index < -0.39 is 0 Å². The van der Waals surface area contributed by atoms with E-state index in [0.717, 1.165) is 50.1 Å². The SMILES string of the molecule is O=C(CCc1nc2ccccc2c(=O)n1C1CC1)N1CCCCC1. The number of aryl methyl sites for hydroxylation is 1. The van der Waals surface area contributed by atoms with Crippen LogP contribution in [0.1, 0.15) is 50.4 Å². The van der Waals surface area contributed by atoms with Gasteiger partial charge in [0.25, 0.3) is 5.56 Å². The molecule has 0 atom stereocenters. The second kappa shape index (κ2) is 6.38. The lowest BCUT2D eigenvalue weighted by Crippen LogP contribution is -2.36. The summed E-state index contributed by atoms with van der Waals surface area (Å²) in [6.07, 6.45) is 6.49. The minimum Gasteiger partial charge on any atom is -0.343 e. The summed E-state index contributed by atoms with van der Waals surface area (Å²) in [6, 6.07) is 7.77. The molecule has 1 saturated carbocycles. The average molecular weight is 325 g/mol. The molecule has 1 saturated heterocycles. The first kappa shape index (κ1) is 15.4. The molecule has 2 aliphatic rings. The molecule has 126 valence electrons. The maximum Gasteiger partial charge on any atom is 0.261 e. The van der Waals surface area contributed by atoms with Crippen LogP contribution in [-0.2, 0) is 11.2 Å². The maximum absolute atomic E-state index is 12.8. The van der Waals surface area contributed by atoms with E-state index in [4.69, 9.17) is 4.98 Å². The van der Waals surface area contributed by atoms with Crippen LogP contribution < -0.4 is 5.56 Å². The second-order valence-electron chi connectivity index (χ2n) is 6.89. The molecule has 1 aliphatic carbocycles. The fraction of sp³-hybridized carbons (Fsp3) is 0.526. The van der Waals surface area contributed by atoms with Crippen LogP contribution in [0.4, 0.5) is 0 Å². The summed E-state index contributed by atoms with van der Waals surface area (Å²) in [5.41, 5.74) is 0.781. The lowest BCUT2D eigenvalue weighted by molar-refractivity contribution is -0.132. The number of rotatable bonds is 4. The predicted molar refractivity (Wildman–Crippen MR) is 93.0 cm³/mol. The molecule has 5 heteroatoms. The van der Waals surface area contributed by atoms with Crippen LogP contribution in [0.25, 0.3) is 10.9 Å². The number of hydrogen-bond acceptors (Lipinski definition) is 3. The molecular formula is C19H23N3O2. The third-order valence-corrected chi connectivity index (χ3v) is 5.06. The molecule has 1 aromatic heterocycles. The van der Waals surface area contributed by atoms with Crippen LogP contribution in [0.3, 0.4) is 0 Å². The predicted octanol–water partition coefficient (Wildman–Crippen LogP) is 2.68. The van der Waals surface area contributed by atoms with Crippen molar-refractivity contribution in [3.05, 3.63) is 40.4 Å². The summed E-state index contributed by atoms with van der Waals surface area (Å²) in [6.45, 7) is 1.75. The Morgan fingerprint density at radius 3 is 2.62 bits per heavy atom. The summed E-state index contributed by atoms with van der Waals surface area (Å²) in [5.74, 6) is 0.964. The molecule has 0 bridgehead atoms. The fourth-order valence-corrected chi connectivity index (χ4v) is 3.60. The first-order chi connectivity index (χ1) is 11.7. The molecule has 1 aliphatic heterocycles. The zero-order valence-electron chi connectivity index (χ0n) is 13.9. The molecule has 2 heterocycles. The number of benzene rings is 1. The van der Waals surface area contributed by atoms with Crippen LogP contribution in [0.5, 0.6) is 0 Å². The Bertz CT molecular complexity index is 817. The van der Waals surface area contributed by atoms with Crippen LogP contribution in [-0.4, -0.2) is 33.4 Å². The minimum absolute atomic E-state index is 0.0449. The van der Waals surface area contributed by atoms with Gasteiger partial charge in [-0.05, 0) is 44.2 Å². The quantitative estimate of drug-likeness (QED) is 0.868. The van der Waals surface area contributed by atoms with E-state index in [0.29, 0.717) is 18.2 Å². The van der Waals surface area contributed by atoms with Crippen molar-refractivity contribution in [2.45, 2.75) is 51.0 Å². The van der Waals surface area contributed by atoms with Crippen molar-refractivity contribution >= 4 is 16.8 Å². The number of aromatic nitrogens is 2. The standard InChI is InChI=1S/C19H23N3O2/c23-18(21-12-4-1-5-13-21)11-10-17-20-16-7-3-2-6-15(16)19(24)22(17)14-8-9-14/h2-3,6-7,14H,1,4-5,8-13H2. The number of para-hydroxylation sites is 1. The van der Waals surface area contributed by atoms with Crippen molar-refractivity contribution in [1.82, 2.24) is 14.5 Å². The Balaban J connectivity index is 1.60. The topological polar surface area (TPSA) is 55.2 Å². The van der Waals surface area contributed by atoms with Crippen molar-refractivity contribution in [2.24, 2.45) is 0 Å². The summed E-state index contributed by atoms with van der Waals surface area (Å²) < 4.78 is 1.84. The van der Waals surface area contributed by atoms with Gasteiger partial charge in [0.1, 0.15) is 5.82 Å². The van der Waals surface area contributed by atoms with Gasteiger partial charge in [0.15, 0.2) is 0 Å². The van der Waals surface area contributed by atoms with Gasteiger partial charge >= 0.3 is 0 Å². The molecule has 0 unspecified atom stereocenters. The fourth-order valence-electron chi connectivity index (χ4n) is 3.60. The number of carbonyl (C=O) groups is 1. The van der Waals surface area contributed by atoms with Crippen molar-refractivity contribution < 1.29 is 4.79 Å². The molecule has 0 spiro atoms. The minimum atomic E-state index is 0.0449. The molecular weight excluding hydrogens is 302 g/mol. The number of amides is 1. The normalized spacial score (nSPS) is 18.1. The summed E-state index contributed by atoms with van der Waals surface area (Å²) in [7, 11) is 0. The molecule has 2 fully saturated rings. The van der Waals surface area contributed by atoms with Crippen molar-refractivity contribution in [3.8, 4) is 0 Å². The Kier molecular flexibility index (Phi) is 4.08. The maximum atomic E-state index is 12.8. The van der Waals surface area contributed by atoms with E-state index >= 15 is 0 Å². The third kappa shape index (κ3) is 2.95. The van der Waals surface area contributed by atoms with Gasteiger partial charge in [-0.25, -0.2) is 4.98 Å². The smallest absolute Gasteiger partial charge is 0.261 e. The highest BCUT2D eigenvalue weighted by molar-refractivity contribution is 5.78. The van der Waals surface area contributed by atoms with E-state index in [2.05, 4.69) is 0 Å². The number of hydrogen-bond donors (Lipinski definition) is 0. The lowest BCUT2D eigenvalue weighted by atomic mass is 10.1. The number of piperidine rings is 1. The molecule has 1 amide bonds. The Hall–Kier alpha value is -2.17. The van der Waals surface area contributed by atoms with Crippen molar-refractivity contribution in [3.63, 3.8) is 0 Å². The number of nitrogens with zero attached hydrogens (tertiary/aromatic N) is 3. The van der Waals surface area contributed by atoms with Gasteiger partial charge < -0.3 is 4.90 Å². The van der Waals surface area contributed by atoms with E-state index in [9.17, 15) is 9.59 Å². The van der Waals surface area contributed by atoms with Gasteiger partial charge in [-0.3, -0.25) is 14.2 Å². The molecule has 1 aromatic carbocycles. The van der Waals surface area contributed by atoms with Crippen molar-refractivity contribution in [1.29, 1.82) is 0 Å². The zero-order chi connectivity index (χ0) is 16.5. The molecule has 0 radical (unpaired) electrons. The van der Waals surface area contributed by atoms with E-state index in [1.165, 1.54) is 6.42 Å². The molecule has 4 rings (SSSR count). The van der Waals surface area contributed by atoms with Crippen LogP contribution in [0.15, 0.2) is 29.1 Å². The highest BCUT2D eigenvalue weighted by Gasteiger charge is 2.28. The molecule has 5 nitrogen and oxygen atoms in total. The highest BCUT2D eigenvalue weighted by Crippen LogP contribution is 2.35. The number of likely N-dealkylation sites (tertiary alicyclic amines) is 1. The van der Waals surface area contributed by atoms with Gasteiger partial charge in [-0.15, -0.1) is 0 Å². The Labute approximate surface area is 141 Å². The van der Waals surface area contributed by atoms with Gasteiger partial charge in [0.05, 0.1) is 10.9 Å². The van der Waals surface area contributed by atoms with E-state index in [-0.39, 0.29) is 17.5 Å². The number of carbonyl (C=O) groups excluding carboxylic acids is 1. The van der Waals surface area contributed by atoms with Gasteiger partial charge in [0.2, 0.25) is 5.91 Å². The highest BCUT2D eigenvalue weighted by atomic mass is 16.2. The third-order valence-electron chi connectivity index (χ3n) is 5.06. The second-order valence-corrected chi connectivity index (χ2v) is 6.89. The summed E-state index contributed by atoms with van der Waals surface area (Å²) in [5, 5.41) is 0.676. The Morgan fingerprint density at radius 2 is 1.88 bits per heavy atom. The van der Waals surface area contributed by atoms with Gasteiger partial charge in [0, 0.05) is 32.0 Å². The first-order valence-electron chi connectivity index (χ1n) is 9.02. The number of fused-ring (bicyclic) bond motifs is 1. The molecule has 2 aromatic rings. The zero-order valence-corrected chi connectivity index (χ0v) is 13.9. The van der Waals surface area contributed by atoms with Crippen LogP contribution in [0, 0.1) is 0 Å². The van der Waals surface area contributed by atoms with Gasteiger partial charge in [-0.2, -0.15) is 0 Å². The summed E-state index contributed by atoms with van der Waals surface area (Å²) >= 11 is 0. The average Bonchev–Trinajstić information content (AvgIpc) is 3.45. The van der Waals surface area contributed by atoms with E-state index in [1.54, 1.807) is 0 Å². The van der Waals surface area contributed by atoms with Crippen LogP contribution in [0.2, 0.25) is 0 Å². The monoisotopic (exact) mass is 325 g/mol. The molecule has 24 heavy (non-hydrogen) atoms. The van der Waals surface area contributed by atoms with Crippen molar-refractivity contribution in [2.75, 3.05) is 13.1 Å². The molecule has 0 N–H and O–H groups in total. The van der Waals surface area contributed by atoms with E-state index in [1.807, 2.05) is 33.7 Å². The Morgan fingerprint density at radius 1 is 1.12 bits per heavy atom. The first-order valence-corrected chi connectivity index (χ1v) is 9.02.